The van der Waals surface area contributed by atoms with Crippen LogP contribution in [-0.2, 0) is 0 Å². The summed E-state index contributed by atoms with van der Waals surface area (Å²) in [5, 5.41) is 0.192. The first-order valence-corrected chi connectivity index (χ1v) is 4.47. The summed E-state index contributed by atoms with van der Waals surface area (Å²) in [5.41, 5.74) is 2.08. The number of hydrogen-bond acceptors (Lipinski definition) is 4. The Kier molecular flexibility index (Phi) is 3.38. The van der Waals surface area contributed by atoms with Crippen molar-refractivity contribution in [3.63, 3.8) is 0 Å². The normalized spacial score (nSPS) is 10.4. The molecule has 1 amide bonds. The summed E-state index contributed by atoms with van der Waals surface area (Å²) >= 11 is 5.73. The number of nitrogen functional groups attached to an aromatic ring is 1. The van der Waals surface area contributed by atoms with Crippen LogP contribution in [0.3, 0.4) is 0 Å². The third-order valence-electron chi connectivity index (χ3n) is 1.63. The van der Waals surface area contributed by atoms with Gasteiger partial charge in [0, 0.05) is 5.92 Å². The van der Waals surface area contributed by atoms with Crippen LogP contribution in [0.2, 0.25) is 5.02 Å². The van der Waals surface area contributed by atoms with Crippen molar-refractivity contribution in [2.45, 2.75) is 19.8 Å². The van der Waals surface area contributed by atoms with Gasteiger partial charge in [0.05, 0.1) is 11.2 Å². The van der Waals surface area contributed by atoms with Crippen molar-refractivity contribution in [1.82, 2.24) is 15.4 Å². The number of amides is 1. The summed E-state index contributed by atoms with van der Waals surface area (Å²) in [6.45, 7) is 3.85. The molecule has 0 atom stereocenters. The summed E-state index contributed by atoms with van der Waals surface area (Å²) in [6, 6.07) is 0. The molecule has 76 valence electrons. The first kappa shape index (κ1) is 10.9. The molecule has 5 nitrogen and oxygen atoms in total. The SMILES string of the molecule is CC(C)c1ncc(Cl)c(C(=O)NN)n1. The molecule has 0 aliphatic heterocycles. The highest BCUT2D eigenvalue weighted by molar-refractivity contribution is 6.33. The molecule has 0 saturated heterocycles. The number of nitrogens with zero attached hydrogens (tertiary/aromatic N) is 2. The summed E-state index contributed by atoms with van der Waals surface area (Å²) in [6.07, 6.45) is 1.40. The van der Waals surface area contributed by atoms with Gasteiger partial charge in [0.15, 0.2) is 5.69 Å². The van der Waals surface area contributed by atoms with E-state index in [0.717, 1.165) is 0 Å². The van der Waals surface area contributed by atoms with Gasteiger partial charge in [0.25, 0.3) is 5.91 Å². The van der Waals surface area contributed by atoms with Crippen molar-refractivity contribution >= 4 is 17.5 Å². The molecule has 0 bridgehead atoms. The zero-order valence-corrected chi connectivity index (χ0v) is 8.67. The fourth-order valence-corrected chi connectivity index (χ4v) is 1.06. The zero-order chi connectivity index (χ0) is 10.7. The van der Waals surface area contributed by atoms with Crippen molar-refractivity contribution < 1.29 is 4.79 Å². The molecule has 1 heterocycles. The topological polar surface area (TPSA) is 80.9 Å². The fourth-order valence-electron chi connectivity index (χ4n) is 0.887. The van der Waals surface area contributed by atoms with E-state index in [0.29, 0.717) is 5.82 Å². The van der Waals surface area contributed by atoms with Gasteiger partial charge in [0.1, 0.15) is 5.82 Å². The summed E-state index contributed by atoms with van der Waals surface area (Å²) in [4.78, 5) is 19.2. The summed E-state index contributed by atoms with van der Waals surface area (Å²) < 4.78 is 0. The first-order valence-electron chi connectivity index (χ1n) is 4.09. The molecule has 6 heteroatoms. The molecule has 0 unspecified atom stereocenters. The first-order chi connectivity index (χ1) is 6.56. The fraction of sp³-hybridized carbons (Fsp3) is 0.375. The molecule has 0 aliphatic rings. The number of rotatable bonds is 2. The van der Waals surface area contributed by atoms with Gasteiger partial charge in [0.2, 0.25) is 0 Å². The Bertz CT molecular complexity index is 353. The van der Waals surface area contributed by atoms with E-state index < -0.39 is 5.91 Å². The minimum atomic E-state index is -0.515. The lowest BCUT2D eigenvalue weighted by atomic mass is 10.2. The number of halogens is 1. The Morgan fingerprint density at radius 1 is 1.64 bits per heavy atom. The van der Waals surface area contributed by atoms with Crippen LogP contribution >= 0.6 is 11.6 Å². The number of aromatic nitrogens is 2. The number of hydrazine groups is 1. The maximum atomic E-state index is 11.2. The van der Waals surface area contributed by atoms with Crippen molar-refractivity contribution in [2.24, 2.45) is 5.84 Å². The lowest BCUT2D eigenvalue weighted by Gasteiger charge is -2.06. The predicted octanol–water partition coefficient (Wildman–Crippen LogP) is 0.857. The third-order valence-corrected chi connectivity index (χ3v) is 1.90. The molecule has 1 rings (SSSR count). The highest BCUT2D eigenvalue weighted by atomic mass is 35.5. The molecule has 1 aromatic heterocycles. The summed E-state index contributed by atoms with van der Waals surface area (Å²) in [5.74, 6) is 5.16. The van der Waals surface area contributed by atoms with E-state index >= 15 is 0 Å². The average molecular weight is 215 g/mol. The number of carbonyl (C=O) groups is 1. The molecule has 0 saturated carbocycles. The van der Waals surface area contributed by atoms with Crippen LogP contribution in [0, 0.1) is 0 Å². The van der Waals surface area contributed by atoms with Gasteiger partial charge in [-0.2, -0.15) is 0 Å². The molecule has 0 aliphatic carbocycles. The lowest BCUT2D eigenvalue weighted by Crippen LogP contribution is -2.31. The highest BCUT2D eigenvalue weighted by Gasteiger charge is 2.13. The number of nitrogens with one attached hydrogen (secondary N) is 1. The van der Waals surface area contributed by atoms with Gasteiger partial charge < -0.3 is 0 Å². The van der Waals surface area contributed by atoms with E-state index in [4.69, 9.17) is 17.4 Å². The largest absolute Gasteiger partial charge is 0.289 e. The lowest BCUT2D eigenvalue weighted by molar-refractivity contribution is 0.0948. The Hall–Kier alpha value is -1.20. The van der Waals surface area contributed by atoms with Crippen molar-refractivity contribution in [2.75, 3.05) is 0 Å². The monoisotopic (exact) mass is 214 g/mol. The Morgan fingerprint density at radius 3 is 2.79 bits per heavy atom. The molecule has 0 spiro atoms. The molecule has 14 heavy (non-hydrogen) atoms. The number of nitrogens with two attached hydrogens (primary N) is 1. The molecule has 1 aromatic rings. The van der Waals surface area contributed by atoms with E-state index in [1.165, 1.54) is 6.20 Å². The van der Waals surface area contributed by atoms with Crippen molar-refractivity contribution in [3.05, 3.63) is 22.7 Å². The zero-order valence-electron chi connectivity index (χ0n) is 7.91. The second-order valence-corrected chi connectivity index (χ2v) is 3.46. The van der Waals surface area contributed by atoms with Crippen LogP contribution in [0.5, 0.6) is 0 Å². The molecule has 0 fully saturated rings. The van der Waals surface area contributed by atoms with Gasteiger partial charge in [-0.05, 0) is 0 Å². The van der Waals surface area contributed by atoms with Crippen LogP contribution in [0.4, 0.5) is 0 Å². The maximum Gasteiger partial charge on any atom is 0.285 e. The van der Waals surface area contributed by atoms with Gasteiger partial charge >= 0.3 is 0 Å². The van der Waals surface area contributed by atoms with E-state index in [2.05, 4.69) is 9.97 Å². The average Bonchev–Trinajstić information content (AvgIpc) is 2.17. The molecular formula is C8H11ClN4O. The minimum Gasteiger partial charge on any atom is -0.289 e. The van der Waals surface area contributed by atoms with Crippen LogP contribution < -0.4 is 11.3 Å². The Labute approximate surface area is 86.7 Å². The van der Waals surface area contributed by atoms with Gasteiger partial charge in [-0.25, -0.2) is 15.8 Å². The van der Waals surface area contributed by atoms with Crippen LogP contribution in [0.25, 0.3) is 0 Å². The van der Waals surface area contributed by atoms with Crippen LogP contribution in [0.1, 0.15) is 36.1 Å². The third kappa shape index (κ3) is 2.18. The highest BCUT2D eigenvalue weighted by Crippen LogP contribution is 2.15. The number of carbonyl (C=O) groups excluding carboxylic acids is 1. The van der Waals surface area contributed by atoms with E-state index in [1.54, 1.807) is 0 Å². The van der Waals surface area contributed by atoms with Crippen LogP contribution in [-0.4, -0.2) is 15.9 Å². The van der Waals surface area contributed by atoms with Gasteiger partial charge in [-0.1, -0.05) is 25.4 Å². The molecule has 0 radical (unpaired) electrons. The quantitative estimate of drug-likeness (QED) is 0.435. The van der Waals surface area contributed by atoms with E-state index in [1.807, 2.05) is 19.3 Å². The molecule has 3 N–H and O–H groups in total. The molecular weight excluding hydrogens is 204 g/mol. The van der Waals surface area contributed by atoms with E-state index in [9.17, 15) is 4.79 Å². The predicted molar refractivity (Wildman–Crippen MR) is 52.8 cm³/mol. The minimum absolute atomic E-state index is 0.105. The maximum absolute atomic E-state index is 11.2. The molecule has 0 aromatic carbocycles. The van der Waals surface area contributed by atoms with E-state index in [-0.39, 0.29) is 16.6 Å². The second-order valence-electron chi connectivity index (χ2n) is 3.05. The van der Waals surface area contributed by atoms with Crippen molar-refractivity contribution in [1.29, 1.82) is 0 Å². The summed E-state index contributed by atoms with van der Waals surface area (Å²) in [7, 11) is 0. The standard InChI is InChI=1S/C8H11ClN4O/c1-4(2)7-11-3-5(9)6(12-7)8(14)13-10/h3-4H,10H2,1-2H3,(H,13,14). The van der Waals surface area contributed by atoms with Crippen LogP contribution in [0.15, 0.2) is 6.20 Å². The second kappa shape index (κ2) is 4.34. The Morgan fingerprint density at radius 2 is 2.29 bits per heavy atom. The van der Waals surface area contributed by atoms with Crippen molar-refractivity contribution in [3.8, 4) is 0 Å². The smallest absolute Gasteiger partial charge is 0.285 e. The Balaban J connectivity index is 3.15. The van der Waals surface area contributed by atoms with Gasteiger partial charge in [-0.15, -0.1) is 0 Å². The van der Waals surface area contributed by atoms with Gasteiger partial charge in [-0.3, -0.25) is 10.2 Å². The number of hydrogen-bond donors (Lipinski definition) is 2.